The summed E-state index contributed by atoms with van der Waals surface area (Å²) in [6.45, 7) is 0. The molecule has 2 aromatic rings. The predicted molar refractivity (Wildman–Crippen MR) is 46.1 cm³/mol. The minimum atomic E-state index is -3.77. The molecule has 0 bridgehead atoms. The molecule has 3 N–H and O–H groups in total. The van der Waals surface area contributed by atoms with Crippen molar-refractivity contribution in [2.24, 2.45) is 5.14 Å². The average Bonchev–Trinajstić information content (AvgIpc) is 2.46. The summed E-state index contributed by atoms with van der Waals surface area (Å²) < 4.78 is 21.9. The number of fused-ring (bicyclic) bond motifs is 1. The van der Waals surface area contributed by atoms with Gasteiger partial charge < -0.3 is 5.21 Å². The molecule has 1 heterocycles. The molecule has 0 amide bonds. The van der Waals surface area contributed by atoms with Crippen molar-refractivity contribution < 1.29 is 13.6 Å². The van der Waals surface area contributed by atoms with Crippen LogP contribution in [0.2, 0.25) is 0 Å². The predicted octanol–water partition coefficient (Wildman–Crippen LogP) is -0.684. The summed E-state index contributed by atoms with van der Waals surface area (Å²) in [7, 11) is -3.77. The third kappa shape index (κ3) is 1.30. The van der Waals surface area contributed by atoms with Crippen molar-refractivity contribution in [1.29, 1.82) is 0 Å². The Morgan fingerprint density at radius 1 is 1.43 bits per heavy atom. The smallest absolute Gasteiger partial charge is 0.238 e. The number of benzene rings is 1. The summed E-state index contributed by atoms with van der Waals surface area (Å²) in [4.78, 5) is 0.395. The van der Waals surface area contributed by atoms with Crippen LogP contribution in [0.25, 0.3) is 11.0 Å². The molecule has 0 radical (unpaired) electrons. The van der Waals surface area contributed by atoms with Gasteiger partial charge in [0.25, 0.3) is 0 Å². The van der Waals surface area contributed by atoms with Gasteiger partial charge in [0, 0.05) is 0 Å². The summed E-state index contributed by atoms with van der Waals surface area (Å²) in [5, 5.41) is 20.9. The highest BCUT2D eigenvalue weighted by molar-refractivity contribution is 7.89. The van der Waals surface area contributed by atoms with Crippen LogP contribution >= 0.6 is 0 Å². The Morgan fingerprint density at radius 3 is 2.79 bits per heavy atom. The molecular formula is C6H6N4O3S. The van der Waals surface area contributed by atoms with Crippen molar-refractivity contribution in [3.05, 3.63) is 18.2 Å². The fourth-order valence-electron chi connectivity index (χ4n) is 1.06. The van der Waals surface area contributed by atoms with Crippen LogP contribution in [0.1, 0.15) is 0 Å². The Morgan fingerprint density at radius 2 is 2.14 bits per heavy atom. The molecule has 14 heavy (non-hydrogen) atoms. The number of rotatable bonds is 1. The van der Waals surface area contributed by atoms with Crippen molar-refractivity contribution in [1.82, 2.24) is 15.2 Å². The molecule has 0 atom stereocenters. The van der Waals surface area contributed by atoms with E-state index < -0.39 is 10.0 Å². The molecule has 8 heteroatoms. The molecule has 0 unspecified atom stereocenters. The second kappa shape index (κ2) is 2.66. The highest BCUT2D eigenvalue weighted by Gasteiger charge is 2.11. The fraction of sp³-hybridized carbons (Fsp3) is 0. The lowest BCUT2D eigenvalue weighted by atomic mass is 10.3. The monoisotopic (exact) mass is 214 g/mol. The van der Waals surface area contributed by atoms with Gasteiger partial charge >= 0.3 is 0 Å². The molecule has 0 fully saturated rings. The van der Waals surface area contributed by atoms with Gasteiger partial charge in [-0.25, -0.2) is 13.6 Å². The number of hydrogen-bond donors (Lipinski definition) is 2. The number of aromatic nitrogens is 3. The van der Waals surface area contributed by atoms with Gasteiger partial charge in [-0.3, -0.25) is 0 Å². The fourth-order valence-corrected chi connectivity index (χ4v) is 1.60. The van der Waals surface area contributed by atoms with E-state index >= 15 is 0 Å². The summed E-state index contributed by atoms with van der Waals surface area (Å²) in [6.07, 6.45) is 0. The van der Waals surface area contributed by atoms with Gasteiger partial charge in [-0.1, -0.05) is 4.85 Å². The SMILES string of the molecule is NS(=O)(=O)c1ccc2nnn(O)c2c1. The first-order valence-electron chi connectivity index (χ1n) is 3.56. The number of sulfonamides is 1. The highest BCUT2D eigenvalue weighted by Crippen LogP contribution is 2.14. The van der Waals surface area contributed by atoms with E-state index in [1.165, 1.54) is 18.2 Å². The minimum absolute atomic E-state index is 0.0948. The van der Waals surface area contributed by atoms with Crippen molar-refractivity contribution in [3.63, 3.8) is 0 Å². The lowest BCUT2D eigenvalue weighted by Crippen LogP contribution is -2.12. The van der Waals surface area contributed by atoms with Crippen LogP contribution in [0.3, 0.4) is 0 Å². The maximum atomic E-state index is 11.0. The molecule has 0 spiro atoms. The second-order valence-electron chi connectivity index (χ2n) is 2.67. The largest absolute Gasteiger partial charge is 0.410 e. The van der Waals surface area contributed by atoms with Crippen LogP contribution in [0, 0.1) is 0 Å². The zero-order valence-electron chi connectivity index (χ0n) is 6.82. The van der Waals surface area contributed by atoms with Crippen LogP contribution in [0.4, 0.5) is 0 Å². The number of nitrogens with zero attached hydrogens (tertiary/aromatic N) is 3. The van der Waals surface area contributed by atoms with Crippen LogP contribution in [0.5, 0.6) is 0 Å². The Kier molecular flexibility index (Phi) is 1.69. The Bertz CT molecular complexity index is 588. The molecule has 74 valence electrons. The van der Waals surface area contributed by atoms with E-state index in [0.29, 0.717) is 10.4 Å². The molecule has 0 aliphatic carbocycles. The molecular weight excluding hydrogens is 208 g/mol. The summed E-state index contributed by atoms with van der Waals surface area (Å²) in [6, 6.07) is 3.91. The molecule has 0 saturated heterocycles. The third-order valence-electron chi connectivity index (χ3n) is 1.73. The van der Waals surface area contributed by atoms with Crippen molar-refractivity contribution in [3.8, 4) is 0 Å². The molecule has 1 aromatic carbocycles. The van der Waals surface area contributed by atoms with Gasteiger partial charge in [0.05, 0.1) is 4.90 Å². The molecule has 0 saturated carbocycles. The summed E-state index contributed by atoms with van der Waals surface area (Å²) in [5.41, 5.74) is 0.580. The average molecular weight is 214 g/mol. The second-order valence-corrected chi connectivity index (χ2v) is 4.24. The highest BCUT2D eigenvalue weighted by atomic mass is 32.2. The van der Waals surface area contributed by atoms with Crippen molar-refractivity contribution in [2.75, 3.05) is 0 Å². The van der Waals surface area contributed by atoms with Crippen LogP contribution in [-0.2, 0) is 10.0 Å². The maximum absolute atomic E-state index is 11.0. The zero-order chi connectivity index (χ0) is 10.3. The van der Waals surface area contributed by atoms with E-state index in [1.54, 1.807) is 0 Å². The Balaban J connectivity index is 2.79. The Labute approximate surface area is 78.8 Å². The van der Waals surface area contributed by atoms with Crippen molar-refractivity contribution >= 4 is 21.1 Å². The topological polar surface area (TPSA) is 111 Å². The molecule has 7 nitrogen and oxygen atoms in total. The lowest BCUT2D eigenvalue weighted by molar-refractivity contribution is 0.154. The quantitative estimate of drug-likeness (QED) is 0.610. The van der Waals surface area contributed by atoms with E-state index in [-0.39, 0.29) is 10.4 Å². The van der Waals surface area contributed by atoms with Crippen LogP contribution in [-0.4, -0.2) is 28.8 Å². The van der Waals surface area contributed by atoms with Gasteiger partial charge in [-0.15, -0.1) is 5.10 Å². The molecule has 1 aromatic heterocycles. The molecule has 2 rings (SSSR count). The van der Waals surface area contributed by atoms with E-state index in [9.17, 15) is 8.42 Å². The normalized spacial score (nSPS) is 12.1. The maximum Gasteiger partial charge on any atom is 0.238 e. The van der Waals surface area contributed by atoms with E-state index in [4.69, 9.17) is 10.3 Å². The Hall–Kier alpha value is -1.67. The first-order valence-corrected chi connectivity index (χ1v) is 5.10. The van der Waals surface area contributed by atoms with E-state index in [0.717, 1.165) is 0 Å². The first-order chi connectivity index (χ1) is 6.48. The summed E-state index contributed by atoms with van der Waals surface area (Å²) >= 11 is 0. The van der Waals surface area contributed by atoms with Gasteiger partial charge in [-0.05, 0) is 23.4 Å². The number of nitrogens with two attached hydrogens (primary N) is 1. The third-order valence-corrected chi connectivity index (χ3v) is 2.64. The molecule has 0 aliphatic heterocycles. The van der Waals surface area contributed by atoms with Crippen LogP contribution in [0.15, 0.2) is 23.1 Å². The van der Waals surface area contributed by atoms with E-state index in [2.05, 4.69) is 10.3 Å². The standard InChI is InChI=1S/C6H6N4O3S/c7-14(12,13)4-1-2-5-6(3-4)10(11)9-8-5/h1-3,11H,(H2,7,12,13). The summed E-state index contributed by atoms with van der Waals surface area (Å²) in [5.74, 6) is 0. The van der Waals surface area contributed by atoms with Crippen molar-refractivity contribution in [2.45, 2.75) is 4.90 Å². The zero-order valence-corrected chi connectivity index (χ0v) is 7.64. The molecule has 0 aliphatic rings. The van der Waals surface area contributed by atoms with Gasteiger partial charge in [0.15, 0.2) is 0 Å². The van der Waals surface area contributed by atoms with Gasteiger partial charge in [0.2, 0.25) is 10.0 Å². The van der Waals surface area contributed by atoms with E-state index in [1.807, 2.05) is 0 Å². The minimum Gasteiger partial charge on any atom is -0.410 e. The lowest BCUT2D eigenvalue weighted by Gasteiger charge is -1.96. The number of hydrogen-bond acceptors (Lipinski definition) is 5. The van der Waals surface area contributed by atoms with Gasteiger partial charge in [0.1, 0.15) is 11.0 Å². The first kappa shape index (κ1) is 8.91. The number of primary sulfonamides is 1. The van der Waals surface area contributed by atoms with Crippen LogP contribution < -0.4 is 5.14 Å². The van der Waals surface area contributed by atoms with Gasteiger partial charge in [-0.2, -0.15) is 0 Å².